The second kappa shape index (κ2) is 10.0. The molecular formula is C24H23F2N3O2. The molecule has 2 aromatic heterocycles. The zero-order chi connectivity index (χ0) is 22.4. The van der Waals surface area contributed by atoms with E-state index in [1.807, 2.05) is 0 Å². The zero-order valence-electron chi connectivity index (χ0n) is 17.4. The smallest absolute Gasteiger partial charge is 0.222 e. The lowest BCUT2D eigenvalue weighted by Gasteiger charge is -2.16. The van der Waals surface area contributed by atoms with E-state index >= 15 is 0 Å². The molecule has 0 aliphatic carbocycles. The molecule has 3 rings (SSSR count). The Kier molecular flexibility index (Phi) is 7.18. The number of amides is 1. The third-order valence-corrected chi connectivity index (χ3v) is 4.97. The van der Waals surface area contributed by atoms with Gasteiger partial charge in [-0.1, -0.05) is 19.1 Å². The molecule has 3 aromatic rings. The molecule has 1 amide bonds. The van der Waals surface area contributed by atoms with Gasteiger partial charge in [0.2, 0.25) is 11.9 Å². The average molecular weight is 423 g/mol. The molecule has 1 aromatic carbocycles. The number of carbonyl (C=O) groups excluding carboxylic acids is 2. The van der Waals surface area contributed by atoms with Crippen LogP contribution in [0.1, 0.15) is 41.3 Å². The van der Waals surface area contributed by atoms with E-state index in [9.17, 15) is 18.4 Å². The van der Waals surface area contributed by atoms with E-state index < -0.39 is 11.8 Å². The first-order chi connectivity index (χ1) is 14.9. The first-order valence-electron chi connectivity index (χ1n) is 9.99. The van der Waals surface area contributed by atoms with Crippen LogP contribution in [0, 0.1) is 11.8 Å². The highest BCUT2D eigenvalue weighted by Gasteiger charge is 2.12. The molecule has 0 N–H and O–H groups in total. The molecule has 0 saturated heterocycles. The lowest BCUT2D eigenvalue weighted by molar-refractivity contribution is -0.130. The minimum Gasteiger partial charge on any atom is -0.341 e. The van der Waals surface area contributed by atoms with Crippen LogP contribution in [0.25, 0.3) is 11.3 Å². The van der Waals surface area contributed by atoms with Crippen LogP contribution in [-0.2, 0) is 17.8 Å². The van der Waals surface area contributed by atoms with Crippen molar-refractivity contribution in [2.75, 3.05) is 7.05 Å². The fourth-order valence-electron chi connectivity index (χ4n) is 3.17. The summed E-state index contributed by atoms with van der Waals surface area (Å²) in [5, 5.41) is 0. The van der Waals surface area contributed by atoms with Crippen LogP contribution in [0.3, 0.4) is 0 Å². The molecule has 0 saturated carbocycles. The Morgan fingerprint density at radius 3 is 2.35 bits per heavy atom. The number of halogens is 2. The van der Waals surface area contributed by atoms with E-state index in [2.05, 4.69) is 9.97 Å². The predicted molar refractivity (Wildman–Crippen MR) is 113 cm³/mol. The molecule has 160 valence electrons. The first kappa shape index (κ1) is 22.2. The molecule has 0 unspecified atom stereocenters. The molecule has 31 heavy (non-hydrogen) atoms. The van der Waals surface area contributed by atoms with Crippen LogP contribution in [0.5, 0.6) is 0 Å². The van der Waals surface area contributed by atoms with Crippen molar-refractivity contribution in [3.05, 3.63) is 83.3 Å². The monoisotopic (exact) mass is 423 g/mol. The summed E-state index contributed by atoms with van der Waals surface area (Å²) >= 11 is 0. The van der Waals surface area contributed by atoms with E-state index in [-0.39, 0.29) is 18.1 Å². The first-order valence-corrected chi connectivity index (χ1v) is 9.99. The van der Waals surface area contributed by atoms with Gasteiger partial charge in [-0.15, -0.1) is 0 Å². The molecule has 0 aliphatic rings. The largest absolute Gasteiger partial charge is 0.341 e. The lowest BCUT2D eigenvalue weighted by Crippen LogP contribution is -2.25. The second-order valence-electron chi connectivity index (χ2n) is 7.26. The maximum Gasteiger partial charge on any atom is 0.222 e. The summed E-state index contributed by atoms with van der Waals surface area (Å²) in [6.45, 7) is 2.11. The Hall–Kier alpha value is -3.48. The van der Waals surface area contributed by atoms with Gasteiger partial charge in [-0.3, -0.25) is 14.6 Å². The molecule has 0 radical (unpaired) electrons. The normalized spacial score (nSPS) is 10.7. The fourth-order valence-corrected chi connectivity index (χ4v) is 3.17. The van der Waals surface area contributed by atoms with Crippen molar-refractivity contribution in [1.29, 1.82) is 0 Å². The number of nitrogens with zero attached hydrogens (tertiary/aromatic N) is 3. The number of rotatable bonds is 8. The number of aryl methyl sites for hydroxylation is 1. The van der Waals surface area contributed by atoms with Gasteiger partial charge >= 0.3 is 0 Å². The highest BCUT2D eigenvalue weighted by molar-refractivity contribution is 5.96. The molecular weight excluding hydrogens is 400 g/mol. The van der Waals surface area contributed by atoms with E-state index in [1.54, 1.807) is 49.2 Å². The van der Waals surface area contributed by atoms with Crippen LogP contribution in [0.15, 0.2) is 54.9 Å². The van der Waals surface area contributed by atoms with Crippen LogP contribution < -0.4 is 0 Å². The van der Waals surface area contributed by atoms with Gasteiger partial charge in [-0.2, -0.15) is 4.39 Å². The summed E-state index contributed by atoms with van der Waals surface area (Å²) in [5.74, 6) is -1.12. The number of benzene rings is 1. The van der Waals surface area contributed by atoms with Crippen molar-refractivity contribution < 1.29 is 18.4 Å². The van der Waals surface area contributed by atoms with Crippen molar-refractivity contribution in [2.45, 2.75) is 32.7 Å². The minimum atomic E-state index is -0.559. The van der Waals surface area contributed by atoms with Crippen molar-refractivity contribution >= 4 is 11.7 Å². The third kappa shape index (κ3) is 5.78. The maximum absolute atomic E-state index is 14.6. The van der Waals surface area contributed by atoms with Crippen molar-refractivity contribution in [1.82, 2.24) is 14.9 Å². The lowest BCUT2D eigenvalue weighted by atomic mass is 10.0. The Morgan fingerprint density at radius 2 is 1.74 bits per heavy atom. The molecule has 0 aliphatic heterocycles. The summed E-state index contributed by atoms with van der Waals surface area (Å²) in [4.78, 5) is 33.4. The summed E-state index contributed by atoms with van der Waals surface area (Å²) in [5.41, 5.74) is 2.63. The minimum absolute atomic E-state index is 0.0119. The quantitative estimate of drug-likeness (QED) is 0.392. The molecule has 0 atom stereocenters. The highest BCUT2D eigenvalue weighted by Crippen LogP contribution is 2.23. The van der Waals surface area contributed by atoms with Gasteiger partial charge in [-0.25, -0.2) is 9.37 Å². The van der Waals surface area contributed by atoms with Crippen LogP contribution in [-0.4, -0.2) is 33.6 Å². The van der Waals surface area contributed by atoms with Crippen molar-refractivity contribution in [3.8, 4) is 11.3 Å². The zero-order valence-corrected chi connectivity index (χ0v) is 17.4. The van der Waals surface area contributed by atoms with Gasteiger partial charge in [0.1, 0.15) is 5.82 Å². The van der Waals surface area contributed by atoms with E-state index in [0.717, 1.165) is 5.56 Å². The van der Waals surface area contributed by atoms with Crippen LogP contribution in [0.2, 0.25) is 0 Å². The van der Waals surface area contributed by atoms with Gasteiger partial charge in [-0.05, 0) is 47.9 Å². The van der Waals surface area contributed by atoms with Crippen LogP contribution >= 0.6 is 0 Å². The number of aromatic nitrogens is 2. The number of Topliss-reactive ketones (excluding diaryl/α,β-unsaturated/α-hetero) is 1. The number of ketones is 1. The van der Waals surface area contributed by atoms with Gasteiger partial charge in [0.25, 0.3) is 0 Å². The highest BCUT2D eigenvalue weighted by atomic mass is 19.1. The molecule has 2 heterocycles. The maximum atomic E-state index is 14.6. The summed E-state index contributed by atoms with van der Waals surface area (Å²) in [7, 11) is 1.68. The summed E-state index contributed by atoms with van der Waals surface area (Å²) in [6.07, 6.45) is 3.92. The van der Waals surface area contributed by atoms with Crippen molar-refractivity contribution in [2.24, 2.45) is 0 Å². The van der Waals surface area contributed by atoms with Gasteiger partial charge < -0.3 is 4.90 Å². The van der Waals surface area contributed by atoms with E-state index in [0.29, 0.717) is 41.8 Å². The molecule has 0 bridgehead atoms. The number of hydrogen-bond acceptors (Lipinski definition) is 4. The van der Waals surface area contributed by atoms with Gasteiger partial charge in [0.05, 0.1) is 5.69 Å². The number of pyridine rings is 2. The Balaban J connectivity index is 1.65. The number of carbonyl (C=O) groups is 2. The van der Waals surface area contributed by atoms with Gasteiger partial charge in [0, 0.05) is 50.0 Å². The van der Waals surface area contributed by atoms with E-state index in [4.69, 9.17) is 0 Å². The standard InChI is InChI=1S/C24H23F2N3O2/c1-3-24(31)29(2)15-17-4-8-19(20(25)12-17)21-9-7-18(14-27-21)22(30)10-5-16-6-11-23(26)28-13-16/h4,6-9,11-14H,3,5,10,15H2,1-2H3. The second-order valence-corrected chi connectivity index (χ2v) is 7.26. The van der Waals surface area contributed by atoms with E-state index in [1.165, 1.54) is 24.5 Å². The molecule has 5 nitrogen and oxygen atoms in total. The molecule has 0 fully saturated rings. The summed E-state index contributed by atoms with van der Waals surface area (Å²) < 4.78 is 27.5. The average Bonchev–Trinajstić information content (AvgIpc) is 2.78. The fraction of sp³-hybridized carbons (Fsp3) is 0.250. The van der Waals surface area contributed by atoms with Gasteiger partial charge in [0.15, 0.2) is 5.78 Å². The SMILES string of the molecule is CCC(=O)N(C)Cc1ccc(-c2ccc(C(=O)CCc3ccc(F)nc3)cn2)c(F)c1. The molecule has 0 spiro atoms. The molecule has 7 heteroatoms. The number of hydrogen-bond donors (Lipinski definition) is 0. The Labute approximate surface area is 179 Å². The van der Waals surface area contributed by atoms with Crippen molar-refractivity contribution in [3.63, 3.8) is 0 Å². The predicted octanol–water partition coefficient (Wildman–Crippen LogP) is 4.61. The summed E-state index contributed by atoms with van der Waals surface area (Å²) in [6, 6.07) is 10.9. The Bertz CT molecular complexity index is 1070. The Morgan fingerprint density at radius 1 is 0.968 bits per heavy atom. The van der Waals surface area contributed by atoms with Crippen LogP contribution in [0.4, 0.5) is 8.78 Å². The topological polar surface area (TPSA) is 63.2 Å². The third-order valence-electron chi connectivity index (χ3n) is 4.97.